The summed E-state index contributed by atoms with van der Waals surface area (Å²) in [5, 5.41) is 3.36. The Labute approximate surface area is 93.3 Å². The van der Waals surface area contributed by atoms with Crippen LogP contribution in [-0.4, -0.2) is 43.5 Å². The van der Waals surface area contributed by atoms with Gasteiger partial charge in [-0.3, -0.25) is 4.79 Å². The molecule has 0 saturated carbocycles. The lowest BCUT2D eigenvalue weighted by Gasteiger charge is -2.35. The Hall–Kier alpha value is -1.07. The van der Waals surface area contributed by atoms with Crippen molar-refractivity contribution >= 4 is 22.2 Å². The van der Waals surface area contributed by atoms with Crippen molar-refractivity contribution in [2.75, 3.05) is 37.6 Å². The first-order valence-electron chi connectivity index (χ1n) is 5.07. The lowest BCUT2D eigenvalue weighted by atomic mass is 10.3. The van der Waals surface area contributed by atoms with Gasteiger partial charge in [0.15, 0.2) is 0 Å². The van der Waals surface area contributed by atoms with E-state index in [1.165, 1.54) is 5.00 Å². The molecule has 2 N–H and O–H groups in total. The maximum atomic E-state index is 11.3. The van der Waals surface area contributed by atoms with E-state index in [0.29, 0.717) is 0 Å². The van der Waals surface area contributed by atoms with Gasteiger partial charge < -0.3 is 15.5 Å². The highest BCUT2D eigenvalue weighted by atomic mass is 32.1. The van der Waals surface area contributed by atoms with Crippen LogP contribution in [0.3, 0.4) is 0 Å². The minimum Gasteiger partial charge on any atom is -0.360 e. The van der Waals surface area contributed by atoms with E-state index in [0.717, 1.165) is 26.2 Å². The van der Waals surface area contributed by atoms with Gasteiger partial charge in [0.1, 0.15) is 0 Å². The molecular weight excluding hydrogens is 210 g/mol. The molecule has 0 unspecified atom stereocenters. The van der Waals surface area contributed by atoms with Crippen LogP contribution in [-0.2, 0) is 4.79 Å². The van der Waals surface area contributed by atoms with Crippen molar-refractivity contribution in [1.29, 1.82) is 0 Å². The predicted octanol–water partition coefficient (Wildman–Crippen LogP) is 0.355. The van der Waals surface area contributed by atoms with E-state index in [2.05, 4.69) is 22.4 Å². The van der Waals surface area contributed by atoms with E-state index in [1.54, 1.807) is 11.3 Å². The fourth-order valence-corrected chi connectivity index (χ4v) is 2.54. The number of piperazine rings is 1. The Morgan fingerprint density at radius 3 is 2.67 bits per heavy atom. The third kappa shape index (κ3) is 2.30. The summed E-state index contributed by atoms with van der Waals surface area (Å²) in [6, 6.07) is 4.17. The number of hydrogen-bond acceptors (Lipinski definition) is 4. The summed E-state index contributed by atoms with van der Waals surface area (Å²) in [5.41, 5.74) is 5.33. The molecule has 0 atom stereocenters. The van der Waals surface area contributed by atoms with E-state index < -0.39 is 0 Å². The molecule has 1 fully saturated rings. The lowest BCUT2D eigenvalue weighted by molar-refractivity contribution is -0.129. The molecule has 0 radical (unpaired) electrons. The Bertz CT molecular complexity index is 317. The summed E-state index contributed by atoms with van der Waals surface area (Å²) in [6.45, 7) is 3.51. The molecule has 0 aromatic carbocycles. The number of nitrogens with two attached hydrogens (primary N) is 1. The van der Waals surface area contributed by atoms with E-state index >= 15 is 0 Å². The van der Waals surface area contributed by atoms with E-state index in [9.17, 15) is 4.79 Å². The van der Waals surface area contributed by atoms with Crippen LogP contribution in [0.5, 0.6) is 0 Å². The van der Waals surface area contributed by atoms with Gasteiger partial charge in [-0.05, 0) is 17.5 Å². The molecule has 0 spiro atoms. The second-order valence-electron chi connectivity index (χ2n) is 3.52. The van der Waals surface area contributed by atoms with Gasteiger partial charge in [-0.15, -0.1) is 11.3 Å². The number of rotatable bonds is 2. The zero-order valence-corrected chi connectivity index (χ0v) is 9.37. The fourth-order valence-electron chi connectivity index (χ4n) is 1.76. The summed E-state index contributed by atoms with van der Waals surface area (Å²) in [4.78, 5) is 15.5. The summed E-state index contributed by atoms with van der Waals surface area (Å²) in [7, 11) is 0. The van der Waals surface area contributed by atoms with E-state index in [-0.39, 0.29) is 12.5 Å². The van der Waals surface area contributed by atoms with Crippen molar-refractivity contribution in [3.05, 3.63) is 17.5 Å². The fraction of sp³-hybridized carbons (Fsp3) is 0.500. The van der Waals surface area contributed by atoms with Crippen LogP contribution in [0.25, 0.3) is 0 Å². The number of nitrogens with zero attached hydrogens (tertiary/aromatic N) is 2. The summed E-state index contributed by atoms with van der Waals surface area (Å²) < 4.78 is 0. The normalized spacial score (nSPS) is 16.9. The topological polar surface area (TPSA) is 49.6 Å². The molecule has 1 aromatic rings. The Kier molecular flexibility index (Phi) is 3.23. The zero-order valence-electron chi connectivity index (χ0n) is 8.56. The smallest absolute Gasteiger partial charge is 0.236 e. The molecule has 15 heavy (non-hydrogen) atoms. The van der Waals surface area contributed by atoms with Crippen molar-refractivity contribution < 1.29 is 4.79 Å². The van der Waals surface area contributed by atoms with Gasteiger partial charge in [0.2, 0.25) is 5.91 Å². The van der Waals surface area contributed by atoms with Crippen LogP contribution in [0.1, 0.15) is 0 Å². The number of amides is 1. The minimum atomic E-state index is 0.0563. The highest BCUT2D eigenvalue weighted by Crippen LogP contribution is 2.22. The molecule has 1 aliphatic rings. The average molecular weight is 225 g/mol. The predicted molar refractivity (Wildman–Crippen MR) is 62.2 cm³/mol. The molecule has 2 rings (SSSR count). The maximum Gasteiger partial charge on any atom is 0.236 e. The summed E-state index contributed by atoms with van der Waals surface area (Å²) in [6.07, 6.45) is 0. The van der Waals surface area contributed by atoms with Gasteiger partial charge in [0.25, 0.3) is 0 Å². The molecule has 1 aromatic heterocycles. The van der Waals surface area contributed by atoms with Crippen LogP contribution in [0.15, 0.2) is 17.5 Å². The van der Waals surface area contributed by atoms with Crippen LogP contribution in [0.2, 0.25) is 0 Å². The average Bonchev–Trinajstić information content (AvgIpc) is 2.82. The quantitative estimate of drug-likeness (QED) is 0.790. The van der Waals surface area contributed by atoms with Crippen LogP contribution >= 0.6 is 11.3 Å². The van der Waals surface area contributed by atoms with Crippen molar-refractivity contribution in [2.45, 2.75) is 0 Å². The van der Waals surface area contributed by atoms with Gasteiger partial charge in [-0.25, -0.2) is 0 Å². The Morgan fingerprint density at radius 1 is 1.40 bits per heavy atom. The van der Waals surface area contributed by atoms with Crippen molar-refractivity contribution in [3.63, 3.8) is 0 Å². The summed E-state index contributed by atoms with van der Waals surface area (Å²) >= 11 is 1.74. The number of anilines is 1. The second kappa shape index (κ2) is 4.63. The molecule has 5 heteroatoms. The molecule has 1 saturated heterocycles. The van der Waals surface area contributed by atoms with Crippen molar-refractivity contribution in [3.8, 4) is 0 Å². The number of carbonyl (C=O) groups is 1. The van der Waals surface area contributed by atoms with Gasteiger partial charge in [-0.1, -0.05) is 0 Å². The minimum absolute atomic E-state index is 0.0563. The van der Waals surface area contributed by atoms with Gasteiger partial charge in [0, 0.05) is 26.2 Å². The summed E-state index contributed by atoms with van der Waals surface area (Å²) in [5.74, 6) is 0.0563. The van der Waals surface area contributed by atoms with E-state index in [4.69, 9.17) is 5.73 Å². The zero-order chi connectivity index (χ0) is 10.7. The Morgan fingerprint density at radius 2 is 2.13 bits per heavy atom. The standard InChI is InChI=1S/C10H15N3OS/c11-8-9(14)12-3-5-13(6-4-12)10-2-1-7-15-10/h1-2,7H,3-6,8,11H2. The molecular formula is C10H15N3OS. The van der Waals surface area contributed by atoms with Crippen LogP contribution < -0.4 is 10.6 Å². The first-order chi connectivity index (χ1) is 7.31. The maximum absolute atomic E-state index is 11.3. The van der Waals surface area contributed by atoms with Crippen LogP contribution in [0, 0.1) is 0 Å². The van der Waals surface area contributed by atoms with Crippen molar-refractivity contribution in [2.24, 2.45) is 5.73 Å². The first-order valence-corrected chi connectivity index (χ1v) is 5.95. The van der Waals surface area contributed by atoms with Gasteiger partial charge in [-0.2, -0.15) is 0 Å². The third-order valence-electron chi connectivity index (χ3n) is 2.62. The largest absolute Gasteiger partial charge is 0.360 e. The lowest BCUT2D eigenvalue weighted by Crippen LogP contribution is -2.50. The number of hydrogen-bond donors (Lipinski definition) is 1. The number of thiophene rings is 1. The van der Waals surface area contributed by atoms with Crippen molar-refractivity contribution in [1.82, 2.24) is 4.90 Å². The molecule has 0 aliphatic carbocycles. The first kappa shape index (κ1) is 10.4. The highest BCUT2D eigenvalue weighted by molar-refractivity contribution is 7.14. The molecule has 82 valence electrons. The van der Waals surface area contributed by atoms with Gasteiger partial charge >= 0.3 is 0 Å². The van der Waals surface area contributed by atoms with Crippen LogP contribution in [0.4, 0.5) is 5.00 Å². The Balaban J connectivity index is 1.90. The molecule has 4 nitrogen and oxygen atoms in total. The molecule has 1 aliphatic heterocycles. The van der Waals surface area contributed by atoms with E-state index in [1.807, 2.05) is 4.90 Å². The van der Waals surface area contributed by atoms with Gasteiger partial charge in [0.05, 0.1) is 11.5 Å². The molecule has 1 amide bonds. The molecule has 0 bridgehead atoms. The second-order valence-corrected chi connectivity index (χ2v) is 4.45. The monoisotopic (exact) mass is 225 g/mol. The third-order valence-corrected chi connectivity index (χ3v) is 3.55. The molecule has 2 heterocycles. The SMILES string of the molecule is NCC(=O)N1CCN(c2cccs2)CC1. The highest BCUT2D eigenvalue weighted by Gasteiger charge is 2.20. The number of carbonyl (C=O) groups excluding carboxylic acids is 1.